The molecule has 0 aromatic carbocycles. The van der Waals surface area contributed by atoms with E-state index in [0.29, 0.717) is 0 Å². The Bertz CT molecular complexity index is 229. The summed E-state index contributed by atoms with van der Waals surface area (Å²) < 4.78 is 23.7. The molecule has 0 N–H and O–H groups in total. The molecule has 1 aromatic heterocycles. The SMILES string of the molecule is FC(F)c1cncnc1Cl. The van der Waals surface area contributed by atoms with Crippen molar-refractivity contribution in [3.8, 4) is 0 Å². The average molecular weight is 165 g/mol. The fourth-order valence-electron chi connectivity index (χ4n) is 0.472. The fraction of sp³-hybridized carbons (Fsp3) is 0.200. The van der Waals surface area contributed by atoms with Crippen LogP contribution in [0.2, 0.25) is 5.15 Å². The van der Waals surface area contributed by atoms with Gasteiger partial charge in [0.25, 0.3) is 6.43 Å². The molecule has 0 radical (unpaired) electrons. The molecule has 0 aliphatic heterocycles. The second-order valence-electron chi connectivity index (χ2n) is 1.57. The van der Waals surface area contributed by atoms with E-state index in [1.807, 2.05) is 0 Å². The quantitative estimate of drug-likeness (QED) is 0.594. The van der Waals surface area contributed by atoms with Gasteiger partial charge in [0.05, 0.1) is 5.56 Å². The highest BCUT2D eigenvalue weighted by Crippen LogP contribution is 2.22. The highest BCUT2D eigenvalue weighted by atomic mass is 35.5. The second-order valence-corrected chi connectivity index (χ2v) is 1.93. The smallest absolute Gasteiger partial charge is 0.244 e. The minimum absolute atomic E-state index is 0.190. The summed E-state index contributed by atoms with van der Waals surface area (Å²) in [5.41, 5.74) is -0.329. The van der Waals surface area contributed by atoms with Crippen LogP contribution >= 0.6 is 11.6 Å². The van der Waals surface area contributed by atoms with Crippen molar-refractivity contribution in [3.05, 3.63) is 23.2 Å². The predicted molar refractivity (Wildman–Crippen MR) is 32.0 cm³/mol. The van der Waals surface area contributed by atoms with Gasteiger partial charge in [-0.1, -0.05) is 11.6 Å². The van der Waals surface area contributed by atoms with Crippen molar-refractivity contribution in [2.75, 3.05) is 0 Å². The van der Waals surface area contributed by atoms with Crippen LogP contribution in [0.3, 0.4) is 0 Å². The summed E-state index contributed by atoms with van der Waals surface area (Å²) in [5.74, 6) is 0. The minimum atomic E-state index is -2.60. The van der Waals surface area contributed by atoms with Crippen molar-refractivity contribution < 1.29 is 8.78 Å². The van der Waals surface area contributed by atoms with Crippen LogP contribution in [-0.4, -0.2) is 9.97 Å². The van der Waals surface area contributed by atoms with Crippen LogP contribution in [0.25, 0.3) is 0 Å². The standard InChI is InChI=1S/C5H3ClF2N2/c6-4-3(5(7)8)1-9-2-10-4/h1-2,5H. The number of hydrogen-bond acceptors (Lipinski definition) is 2. The maximum Gasteiger partial charge on any atom is 0.268 e. The molecule has 1 rings (SSSR count). The lowest BCUT2D eigenvalue weighted by molar-refractivity contribution is 0.150. The minimum Gasteiger partial charge on any atom is -0.244 e. The Labute approximate surface area is 60.9 Å². The molecule has 2 nitrogen and oxygen atoms in total. The molecule has 0 fully saturated rings. The second kappa shape index (κ2) is 2.88. The van der Waals surface area contributed by atoms with Crippen LogP contribution in [0.4, 0.5) is 8.78 Å². The van der Waals surface area contributed by atoms with Gasteiger partial charge in [-0.25, -0.2) is 18.7 Å². The maximum absolute atomic E-state index is 11.9. The highest BCUT2D eigenvalue weighted by Gasteiger charge is 2.11. The molecule has 5 heteroatoms. The van der Waals surface area contributed by atoms with Crippen molar-refractivity contribution in [3.63, 3.8) is 0 Å². The number of nitrogens with zero attached hydrogens (tertiary/aromatic N) is 2. The number of rotatable bonds is 1. The van der Waals surface area contributed by atoms with Crippen molar-refractivity contribution in [1.29, 1.82) is 0 Å². The lowest BCUT2D eigenvalue weighted by Crippen LogP contribution is -1.89. The molecular weight excluding hydrogens is 162 g/mol. The van der Waals surface area contributed by atoms with E-state index < -0.39 is 6.43 Å². The summed E-state index contributed by atoms with van der Waals surface area (Å²) in [6.07, 6.45) is -0.484. The largest absolute Gasteiger partial charge is 0.268 e. The summed E-state index contributed by atoms with van der Waals surface area (Å²) in [7, 11) is 0. The fourth-order valence-corrected chi connectivity index (χ4v) is 0.647. The van der Waals surface area contributed by atoms with Crippen LogP contribution < -0.4 is 0 Å². The summed E-state index contributed by atoms with van der Waals surface area (Å²) in [5, 5.41) is -0.190. The van der Waals surface area contributed by atoms with Gasteiger partial charge >= 0.3 is 0 Å². The monoisotopic (exact) mass is 164 g/mol. The maximum atomic E-state index is 11.9. The van der Waals surface area contributed by atoms with E-state index in [1.54, 1.807) is 0 Å². The van der Waals surface area contributed by atoms with E-state index >= 15 is 0 Å². The predicted octanol–water partition coefficient (Wildman–Crippen LogP) is 2.07. The van der Waals surface area contributed by atoms with Gasteiger partial charge in [-0.05, 0) is 0 Å². The van der Waals surface area contributed by atoms with Gasteiger partial charge in [0.2, 0.25) is 0 Å². The topological polar surface area (TPSA) is 25.8 Å². The zero-order valence-corrected chi connectivity index (χ0v) is 5.52. The van der Waals surface area contributed by atoms with Gasteiger partial charge in [-0.2, -0.15) is 0 Å². The Morgan fingerprint density at radius 1 is 1.50 bits per heavy atom. The molecule has 10 heavy (non-hydrogen) atoms. The van der Waals surface area contributed by atoms with Gasteiger partial charge in [-0.15, -0.1) is 0 Å². The van der Waals surface area contributed by atoms with Gasteiger partial charge in [0.1, 0.15) is 11.5 Å². The molecule has 54 valence electrons. The van der Waals surface area contributed by atoms with Crippen molar-refractivity contribution in [2.24, 2.45) is 0 Å². The van der Waals surface area contributed by atoms with Crippen LogP contribution in [0.5, 0.6) is 0 Å². The first-order valence-corrected chi connectivity index (χ1v) is 2.83. The van der Waals surface area contributed by atoms with Gasteiger partial charge in [-0.3, -0.25) is 0 Å². The summed E-state index contributed by atoms with van der Waals surface area (Å²) in [6.45, 7) is 0. The van der Waals surface area contributed by atoms with Crippen LogP contribution in [0.15, 0.2) is 12.5 Å². The van der Waals surface area contributed by atoms with Crippen molar-refractivity contribution in [1.82, 2.24) is 9.97 Å². The van der Waals surface area contributed by atoms with E-state index in [-0.39, 0.29) is 10.7 Å². The number of hydrogen-bond donors (Lipinski definition) is 0. The zero-order chi connectivity index (χ0) is 7.56. The van der Waals surface area contributed by atoms with E-state index in [2.05, 4.69) is 9.97 Å². The molecule has 0 saturated carbocycles. The molecule has 0 amide bonds. The first-order chi connectivity index (χ1) is 4.72. The lowest BCUT2D eigenvalue weighted by Gasteiger charge is -1.97. The Kier molecular flexibility index (Phi) is 2.11. The molecule has 0 atom stereocenters. The molecule has 1 heterocycles. The van der Waals surface area contributed by atoms with Crippen molar-refractivity contribution >= 4 is 11.6 Å². The first-order valence-electron chi connectivity index (χ1n) is 2.45. The number of halogens is 3. The third-order valence-corrected chi connectivity index (χ3v) is 1.24. The van der Waals surface area contributed by atoms with E-state index in [0.717, 1.165) is 12.5 Å². The third-order valence-electron chi connectivity index (χ3n) is 0.925. The Balaban J connectivity index is 3.03. The zero-order valence-electron chi connectivity index (χ0n) is 4.76. The summed E-state index contributed by atoms with van der Waals surface area (Å²) >= 11 is 5.29. The summed E-state index contributed by atoms with van der Waals surface area (Å²) in [4.78, 5) is 6.77. The summed E-state index contributed by atoms with van der Waals surface area (Å²) in [6, 6.07) is 0. The van der Waals surface area contributed by atoms with E-state index in [4.69, 9.17) is 11.6 Å². The lowest BCUT2D eigenvalue weighted by atomic mass is 10.4. The molecule has 0 unspecified atom stereocenters. The Morgan fingerprint density at radius 2 is 2.20 bits per heavy atom. The highest BCUT2D eigenvalue weighted by molar-refractivity contribution is 6.30. The van der Waals surface area contributed by atoms with Crippen LogP contribution in [0, 0.1) is 0 Å². The Hall–Kier alpha value is -0.770. The van der Waals surface area contributed by atoms with Gasteiger partial charge in [0, 0.05) is 6.20 Å². The number of aromatic nitrogens is 2. The van der Waals surface area contributed by atoms with Crippen LogP contribution in [-0.2, 0) is 0 Å². The molecule has 0 aliphatic carbocycles. The van der Waals surface area contributed by atoms with Gasteiger partial charge < -0.3 is 0 Å². The van der Waals surface area contributed by atoms with E-state index in [1.165, 1.54) is 0 Å². The van der Waals surface area contributed by atoms with Crippen molar-refractivity contribution in [2.45, 2.75) is 6.43 Å². The molecular formula is C5H3ClF2N2. The third kappa shape index (κ3) is 1.39. The molecule has 0 bridgehead atoms. The average Bonchev–Trinajstić information content (AvgIpc) is 1.88. The normalized spacial score (nSPS) is 10.4. The molecule has 0 saturated heterocycles. The molecule has 1 aromatic rings. The molecule has 0 spiro atoms. The number of alkyl halides is 2. The first kappa shape index (κ1) is 7.34. The molecule has 0 aliphatic rings. The van der Waals surface area contributed by atoms with Crippen LogP contribution in [0.1, 0.15) is 12.0 Å². The Morgan fingerprint density at radius 3 is 2.60 bits per heavy atom. The van der Waals surface area contributed by atoms with Gasteiger partial charge in [0.15, 0.2) is 0 Å². The van der Waals surface area contributed by atoms with E-state index in [9.17, 15) is 8.78 Å².